The minimum atomic E-state index is -0.137. The number of Topliss-reactive ketones (excluding diaryl/α,β-unsaturated/α-hetero) is 1. The number of aryl methyl sites for hydroxylation is 2. The highest BCUT2D eigenvalue weighted by Gasteiger charge is 2.14. The zero-order valence-corrected chi connectivity index (χ0v) is 14.0. The molecule has 0 unspecified atom stereocenters. The Morgan fingerprint density at radius 1 is 1.17 bits per heavy atom. The summed E-state index contributed by atoms with van der Waals surface area (Å²) in [6.45, 7) is 5.41. The number of anilines is 1. The summed E-state index contributed by atoms with van der Waals surface area (Å²) >= 11 is 0. The van der Waals surface area contributed by atoms with Crippen molar-refractivity contribution in [2.45, 2.75) is 27.2 Å². The standard InChI is InChI=1S/C19H19N3O2/c1-12-6-5-9-22-17(13(2)20-19(12)22)11-18(24)21-16-8-4-7-15(10-16)14(3)23/h4-10H,11H2,1-3H3,(H,21,24). The number of hydrogen-bond acceptors (Lipinski definition) is 3. The molecule has 0 aliphatic carbocycles. The molecule has 0 spiro atoms. The Morgan fingerprint density at radius 2 is 1.96 bits per heavy atom. The van der Waals surface area contributed by atoms with Crippen LogP contribution in [0.15, 0.2) is 42.6 Å². The van der Waals surface area contributed by atoms with Crippen LogP contribution in [0.3, 0.4) is 0 Å². The molecule has 2 aromatic heterocycles. The molecule has 5 heteroatoms. The molecule has 122 valence electrons. The van der Waals surface area contributed by atoms with E-state index in [9.17, 15) is 9.59 Å². The van der Waals surface area contributed by atoms with Gasteiger partial charge in [0.1, 0.15) is 5.65 Å². The maximum atomic E-state index is 12.4. The third kappa shape index (κ3) is 3.06. The number of hydrogen-bond donors (Lipinski definition) is 1. The summed E-state index contributed by atoms with van der Waals surface area (Å²) in [5.41, 5.74) is 4.86. The Hall–Kier alpha value is -2.95. The fourth-order valence-corrected chi connectivity index (χ4v) is 2.75. The van der Waals surface area contributed by atoms with E-state index in [1.165, 1.54) is 6.92 Å². The molecule has 0 aliphatic heterocycles. The van der Waals surface area contributed by atoms with E-state index in [-0.39, 0.29) is 18.1 Å². The van der Waals surface area contributed by atoms with Crippen molar-refractivity contribution in [3.05, 3.63) is 65.1 Å². The largest absolute Gasteiger partial charge is 0.326 e. The maximum Gasteiger partial charge on any atom is 0.230 e. The van der Waals surface area contributed by atoms with E-state index in [1.807, 2.05) is 36.6 Å². The summed E-state index contributed by atoms with van der Waals surface area (Å²) < 4.78 is 1.95. The van der Waals surface area contributed by atoms with Crippen molar-refractivity contribution in [2.24, 2.45) is 0 Å². The van der Waals surface area contributed by atoms with Gasteiger partial charge in [0, 0.05) is 17.4 Å². The number of imidazole rings is 1. The highest BCUT2D eigenvalue weighted by Crippen LogP contribution is 2.17. The van der Waals surface area contributed by atoms with Crippen molar-refractivity contribution < 1.29 is 9.59 Å². The van der Waals surface area contributed by atoms with Gasteiger partial charge in [-0.05, 0) is 44.5 Å². The van der Waals surface area contributed by atoms with Crippen LogP contribution >= 0.6 is 0 Å². The number of carbonyl (C=O) groups is 2. The lowest BCUT2D eigenvalue weighted by Gasteiger charge is -2.07. The quantitative estimate of drug-likeness (QED) is 0.750. The number of nitrogens with zero attached hydrogens (tertiary/aromatic N) is 2. The average Bonchev–Trinajstić information content (AvgIpc) is 2.85. The van der Waals surface area contributed by atoms with Gasteiger partial charge in [-0.2, -0.15) is 0 Å². The molecule has 1 N–H and O–H groups in total. The van der Waals surface area contributed by atoms with E-state index in [2.05, 4.69) is 10.3 Å². The van der Waals surface area contributed by atoms with E-state index in [0.717, 1.165) is 22.6 Å². The van der Waals surface area contributed by atoms with Crippen LogP contribution in [0.1, 0.15) is 34.2 Å². The van der Waals surface area contributed by atoms with Crippen molar-refractivity contribution in [3.8, 4) is 0 Å². The van der Waals surface area contributed by atoms with Crippen molar-refractivity contribution in [1.82, 2.24) is 9.38 Å². The topological polar surface area (TPSA) is 63.5 Å². The maximum absolute atomic E-state index is 12.4. The highest BCUT2D eigenvalue weighted by atomic mass is 16.1. The number of amides is 1. The highest BCUT2D eigenvalue weighted by molar-refractivity contribution is 5.97. The van der Waals surface area contributed by atoms with E-state index in [0.29, 0.717) is 11.3 Å². The number of pyridine rings is 1. The third-order valence-electron chi connectivity index (χ3n) is 4.03. The van der Waals surface area contributed by atoms with Gasteiger partial charge in [-0.25, -0.2) is 4.98 Å². The summed E-state index contributed by atoms with van der Waals surface area (Å²) in [4.78, 5) is 28.4. The van der Waals surface area contributed by atoms with Gasteiger partial charge in [0.2, 0.25) is 5.91 Å². The number of ketones is 1. The Morgan fingerprint density at radius 3 is 2.71 bits per heavy atom. The molecule has 3 rings (SSSR count). The van der Waals surface area contributed by atoms with Crippen LogP contribution in [0.25, 0.3) is 5.65 Å². The van der Waals surface area contributed by atoms with Gasteiger partial charge in [-0.1, -0.05) is 18.2 Å². The van der Waals surface area contributed by atoms with Crippen molar-refractivity contribution in [3.63, 3.8) is 0 Å². The minimum Gasteiger partial charge on any atom is -0.326 e. The monoisotopic (exact) mass is 321 g/mol. The smallest absolute Gasteiger partial charge is 0.230 e. The molecule has 0 radical (unpaired) electrons. The minimum absolute atomic E-state index is 0.0285. The molecule has 0 saturated carbocycles. The lowest BCUT2D eigenvalue weighted by molar-refractivity contribution is -0.115. The lowest BCUT2D eigenvalue weighted by Crippen LogP contribution is -2.16. The Bertz CT molecular complexity index is 941. The summed E-state index contributed by atoms with van der Waals surface area (Å²) in [5, 5.41) is 2.85. The second-order valence-electron chi connectivity index (χ2n) is 5.89. The number of aromatic nitrogens is 2. The molecular weight excluding hydrogens is 302 g/mol. The van der Waals surface area contributed by atoms with Crippen molar-refractivity contribution in [1.29, 1.82) is 0 Å². The van der Waals surface area contributed by atoms with Crippen LogP contribution < -0.4 is 5.32 Å². The third-order valence-corrected chi connectivity index (χ3v) is 4.03. The van der Waals surface area contributed by atoms with E-state index < -0.39 is 0 Å². The second-order valence-corrected chi connectivity index (χ2v) is 5.89. The molecule has 1 amide bonds. The fraction of sp³-hybridized carbons (Fsp3) is 0.211. The molecule has 2 heterocycles. The normalized spacial score (nSPS) is 10.8. The number of benzene rings is 1. The Kier molecular flexibility index (Phi) is 4.16. The van der Waals surface area contributed by atoms with Gasteiger partial charge in [-0.15, -0.1) is 0 Å². The summed E-state index contributed by atoms with van der Waals surface area (Å²) in [6, 6.07) is 10.9. The summed E-state index contributed by atoms with van der Waals surface area (Å²) in [5.74, 6) is -0.165. The zero-order valence-electron chi connectivity index (χ0n) is 14.0. The predicted octanol–water partition coefficient (Wildman–Crippen LogP) is 3.33. The van der Waals surface area contributed by atoms with E-state index >= 15 is 0 Å². The molecule has 3 aromatic rings. The van der Waals surface area contributed by atoms with Gasteiger partial charge in [0.05, 0.1) is 17.8 Å². The number of fused-ring (bicyclic) bond motifs is 1. The fourth-order valence-electron chi connectivity index (χ4n) is 2.75. The van der Waals surface area contributed by atoms with E-state index in [4.69, 9.17) is 0 Å². The van der Waals surface area contributed by atoms with Gasteiger partial charge < -0.3 is 9.72 Å². The first kappa shape index (κ1) is 15.9. The van der Waals surface area contributed by atoms with Crippen LogP contribution in [0, 0.1) is 13.8 Å². The average molecular weight is 321 g/mol. The van der Waals surface area contributed by atoms with Crippen molar-refractivity contribution >= 4 is 23.0 Å². The molecule has 24 heavy (non-hydrogen) atoms. The molecule has 0 bridgehead atoms. The predicted molar refractivity (Wildman–Crippen MR) is 93.4 cm³/mol. The van der Waals surface area contributed by atoms with Crippen LogP contribution in [0.5, 0.6) is 0 Å². The first-order valence-electron chi connectivity index (χ1n) is 7.79. The number of nitrogens with one attached hydrogen (secondary N) is 1. The Labute approximate surface area is 140 Å². The molecule has 0 fully saturated rings. The lowest BCUT2D eigenvalue weighted by atomic mass is 10.1. The van der Waals surface area contributed by atoms with Crippen LogP contribution in [-0.2, 0) is 11.2 Å². The number of rotatable bonds is 4. The van der Waals surface area contributed by atoms with Crippen LogP contribution in [-0.4, -0.2) is 21.1 Å². The van der Waals surface area contributed by atoms with Gasteiger partial charge in [0.15, 0.2) is 5.78 Å². The Balaban J connectivity index is 1.83. The van der Waals surface area contributed by atoms with Crippen LogP contribution in [0.4, 0.5) is 5.69 Å². The van der Waals surface area contributed by atoms with Gasteiger partial charge in [0.25, 0.3) is 0 Å². The second kappa shape index (κ2) is 6.28. The summed E-state index contributed by atoms with van der Waals surface area (Å²) in [7, 11) is 0. The van der Waals surface area contributed by atoms with Crippen LogP contribution in [0.2, 0.25) is 0 Å². The molecule has 5 nitrogen and oxygen atoms in total. The zero-order chi connectivity index (χ0) is 17.3. The van der Waals surface area contributed by atoms with E-state index in [1.54, 1.807) is 24.3 Å². The molecule has 0 aliphatic rings. The molecule has 0 saturated heterocycles. The molecular formula is C19H19N3O2. The SMILES string of the molecule is CC(=O)c1cccc(NC(=O)Cc2c(C)nc3c(C)cccn23)c1. The van der Waals surface area contributed by atoms with Gasteiger partial charge in [-0.3, -0.25) is 9.59 Å². The van der Waals surface area contributed by atoms with Crippen molar-refractivity contribution in [2.75, 3.05) is 5.32 Å². The number of carbonyl (C=O) groups excluding carboxylic acids is 2. The van der Waals surface area contributed by atoms with Gasteiger partial charge >= 0.3 is 0 Å². The first-order chi connectivity index (χ1) is 11.5. The molecule has 1 aromatic carbocycles. The first-order valence-corrected chi connectivity index (χ1v) is 7.79. The molecule has 0 atom stereocenters. The summed E-state index contributed by atoms with van der Waals surface area (Å²) in [6.07, 6.45) is 2.14.